The highest BCUT2D eigenvalue weighted by molar-refractivity contribution is 7.23. The van der Waals surface area contributed by atoms with Crippen molar-refractivity contribution in [1.82, 2.24) is 30.2 Å². The summed E-state index contributed by atoms with van der Waals surface area (Å²) in [5.41, 5.74) is 1.72. The van der Waals surface area contributed by atoms with Crippen LogP contribution < -0.4 is 0 Å². The topological polar surface area (TPSA) is 92.5 Å². The fourth-order valence-corrected chi connectivity index (χ4v) is 4.94. The van der Waals surface area contributed by atoms with Gasteiger partial charge in [-0.05, 0) is 28.5 Å². The average molecular weight is 437 g/mol. The Bertz CT molecular complexity index is 1110. The number of hydrogen-bond donors (Lipinski definition) is 2. The van der Waals surface area contributed by atoms with Crippen LogP contribution >= 0.6 is 34.5 Å². The van der Waals surface area contributed by atoms with Crippen LogP contribution in [0.4, 0.5) is 0 Å². The van der Waals surface area contributed by atoms with Crippen molar-refractivity contribution in [2.75, 3.05) is 0 Å². The van der Waals surface area contributed by atoms with Gasteiger partial charge in [-0.3, -0.25) is 0 Å². The van der Waals surface area contributed by atoms with Gasteiger partial charge in [0.1, 0.15) is 5.82 Å². The molecule has 0 spiro atoms. The zero-order valence-corrected chi connectivity index (χ0v) is 17.4. The van der Waals surface area contributed by atoms with Crippen LogP contribution in [-0.4, -0.2) is 35.3 Å². The van der Waals surface area contributed by atoms with Crippen LogP contribution in [0.1, 0.15) is 36.8 Å². The summed E-state index contributed by atoms with van der Waals surface area (Å²) in [5.74, 6) is 1.45. The molecule has 0 bridgehead atoms. The lowest BCUT2D eigenvalue weighted by Crippen LogP contribution is -2.09. The molecule has 28 heavy (non-hydrogen) atoms. The number of rotatable bonds is 7. The third kappa shape index (κ3) is 3.53. The summed E-state index contributed by atoms with van der Waals surface area (Å²) in [6, 6.07) is 6.12. The van der Waals surface area contributed by atoms with E-state index in [1.807, 2.05) is 16.7 Å². The van der Waals surface area contributed by atoms with Gasteiger partial charge in [0.05, 0.1) is 22.2 Å². The molecular weight excluding hydrogens is 419 g/mol. The molecule has 7 nitrogen and oxygen atoms in total. The quantitative estimate of drug-likeness (QED) is 0.445. The number of H-pyrrole nitrogens is 1. The van der Waals surface area contributed by atoms with Crippen LogP contribution in [0.3, 0.4) is 0 Å². The first-order valence-corrected chi connectivity index (χ1v) is 10.5. The summed E-state index contributed by atoms with van der Waals surface area (Å²) in [7, 11) is 0. The maximum atomic E-state index is 9.75. The molecule has 4 aromatic rings. The molecule has 0 saturated carbocycles. The molecule has 3 aromatic heterocycles. The highest BCUT2D eigenvalue weighted by Crippen LogP contribution is 2.40. The van der Waals surface area contributed by atoms with Gasteiger partial charge in [0, 0.05) is 23.1 Å². The second-order valence-corrected chi connectivity index (χ2v) is 8.23. The molecule has 10 heteroatoms. The molecule has 0 saturated heterocycles. The molecule has 0 fully saturated rings. The number of aromatic nitrogens is 6. The Kier molecular flexibility index (Phi) is 5.63. The lowest BCUT2D eigenvalue weighted by atomic mass is 10.1. The number of tetrazole rings is 1. The van der Waals surface area contributed by atoms with E-state index in [2.05, 4.69) is 38.6 Å². The van der Waals surface area contributed by atoms with Gasteiger partial charge in [0.25, 0.3) is 0 Å². The molecule has 0 radical (unpaired) electrons. The van der Waals surface area contributed by atoms with Crippen LogP contribution in [-0.2, 0) is 19.6 Å². The number of halogens is 2. The lowest BCUT2D eigenvalue weighted by molar-refractivity contribution is 0.271. The third-order valence-corrected chi connectivity index (χ3v) is 6.57. The smallest absolute Gasteiger partial charge is 0.191 e. The Hall–Kier alpha value is -2.00. The molecule has 4 rings (SSSR count). The minimum Gasteiger partial charge on any atom is -0.390 e. The summed E-state index contributed by atoms with van der Waals surface area (Å²) in [4.78, 5) is 5.26. The maximum absolute atomic E-state index is 9.75. The van der Waals surface area contributed by atoms with Crippen LogP contribution in [0.5, 0.6) is 0 Å². The van der Waals surface area contributed by atoms with E-state index in [1.54, 1.807) is 0 Å². The second kappa shape index (κ2) is 8.16. The number of hydrogen-bond acceptors (Lipinski definition) is 6. The van der Waals surface area contributed by atoms with Crippen molar-refractivity contribution in [2.24, 2.45) is 0 Å². The monoisotopic (exact) mass is 436 g/mol. The fourth-order valence-electron chi connectivity index (χ4n) is 3.17. The summed E-state index contributed by atoms with van der Waals surface area (Å²) in [6.45, 7) is 2.57. The number of aliphatic hydroxyl groups is 1. The minimum absolute atomic E-state index is 0.145. The van der Waals surface area contributed by atoms with Gasteiger partial charge in [0.15, 0.2) is 11.0 Å². The first kappa shape index (κ1) is 19.3. The van der Waals surface area contributed by atoms with Crippen LogP contribution in [0, 0.1) is 0 Å². The van der Waals surface area contributed by atoms with Crippen molar-refractivity contribution in [3.8, 4) is 10.7 Å². The van der Waals surface area contributed by atoms with Crippen molar-refractivity contribution in [3.05, 3.63) is 45.5 Å². The van der Waals surface area contributed by atoms with E-state index in [-0.39, 0.29) is 6.61 Å². The molecule has 146 valence electrons. The summed E-state index contributed by atoms with van der Waals surface area (Å²) in [5, 5.41) is 25.7. The van der Waals surface area contributed by atoms with Gasteiger partial charge in [-0.2, -0.15) is 0 Å². The number of aromatic amines is 1. The molecule has 0 aliphatic carbocycles. The zero-order valence-electron chi connectivity index (χ0n) is 15.1. The summed E-state index contributed by atoms with van der Waals surface area (Å²) >= 11 is 14.3. The Morgan fingerprint density at radius 1 is 1.29 bits per heavy atom. The van der Waals surface area contributed by atoms with Crippen molar-refractivity contribution in [2.45, 2.75) is 39.3 Å². The standard InChI is InChI=1S/C18H18Cl2N6OS/c1-2-3-4-14-21-17(20)12(9-27)26(14)8-10-5-6-11-13(7-10)28-16(15(11)19)18-22-24-25-23-18/h5-7,27H,2-4,8-9H2,1H3,(H,22,23,24,25). The van der Waals surface area contributed by atoms with E-state index in [1.165, 1.54) is 11.3 Å². The van der Waals surface area contributed by atoms with Crippen molar-refractivity contribution >= 4 is 44.6 Å². The number of aliphatic hydroxyl groups excluding tert-OH is 1. The van der Waals surface area contributed by atoms with E-state index in [0.717, 1.165) is 45.6 Å². The highest BCUT2D eigenvalue weighted by atomic mass is 35.5. The number of benzene rings is 1. The number of nitrogens with one attached hydrogen (secondary N) is 1. The van der Waals surface area contributed by atoms with Gasteiger partial charge >= 0.3 is 0 Å². The normalized spacial score (nSPS) is 11.6. The van der Waals surface area contributed by atoms with E-state index in [4.69, 9.17) is 23.2 Å². The number of nitrogens with zero attached hydrogens (tertiary/aromatic N) is 5. The molecule has 2 N–H and O–H groups in total. The number of aryl methyl sites for hydroxylation is 1. The Morgan fingerprint density at radius 3 is 2.86 bits per heavy atom. The maximum Gasteiger partial charge on any atom is 0.191 e. The Morgan fingerprint density at radius 2 is 2.14 bits per heavy atom. The number of thiophene rings is 1. The van der Waals surface area contributed by atoms with E-state index in [9.17, 15) is 5.11 Å². The van der Waals surface area contributed by atoms with Gasteiger partial charge in [-0.15, -0.1) is 16.4 Å². The highest BCUT2D eigenvalue weighted by Gasteiger charge is 2.18. The largest absolute Gasteiger partial charge is 0.390 e. The van der Waals surface area contributed by atoms with Crippen molar-refractivity contribution < 1.29 is 5.11 Å². The third-order valence-electron chi connectivity index (χ3n) is 4.60. The fraction of sp³-hybridized carbons (Fsp3) is 0.333. The van der Waals surface area contributed by atoms with Gasteiger partial charge in [-0.25, -0.2) is 10.1 Å². The predicted molar refractivity (Wildman–Crippen MR) is 111 cm³/mol. The van der Waals surface area contributed by atoms with Crippen molar-refractivity contribution in [1.29, 1.82) is 0 Å². The van der Waals surface area contributed by atoms with Crippen LogP contribution in [0.2, 0.25) is 10.2 Å². The molecule has 0 aliphatic heterocycles. The molecule has 0 atom stereocenters. The van der Waals surface area contributed by atoms with Gasteiger partial charge in [0.2, 0.25) is 0 Å². The Labute approximate surface area is 175 Å². The second-order valence-electron chi connectivity index (χ2n) is 6.44. The SMILES string of the molecule is CCCCc1nc(Cl)c(CO)n1Cc1ccc2c(Cl)c(-c3nnn[nH]3)sc2c1. The summed E-state index contributed by atoms with van der Waals surface area (Å²) in [6.07, 6.45) is 2.91. The van der Waals surface area contributed by atoms with E-state index in [0.29, 0.717) is 28.2 Å². The van der Waals surface area contributed by atoms with E-state index < -0.39 is 0 Å². The first-order valence-electron chi connectivity index (χ1n) is 8.92. The Balaban J connectivity index is 1.71. The van der Waals surface area contributed by atoms with Crippen molar-refractivity contribution in [3.63, 3.8) is 0 Å². The first-order chi connectivity index (χ1) is 13.6. The molecule has 0 aliphatic rings. The molecule has 3 heterocycles. The molecular formula is C18H18Cl2N6OS. The van der Waals surface area contributed by atoms with Gasteiger partial charge in [-0.1, -0.05) is 48.7 Å². The zero-order chi connectivity index (χ0) is 19.7. The molecule has 0 amide bonds. The number of imidazole rings is 1. The summed E-state index contributed by atoms with van der Waals surface area (Å²) < 4.78 is 3.05. The number of fused-ring (bicyclic) bond motifs is 1. The molecule has 1 aromatic carbocycles. The number of unbranched alkanes of at least 4 members (excludes halogenated alkanes) is 1. The average Bonchev–Trinajstić information content (AvgIpc) is 3.39. The molecule has 0 unspecified atom stereocenters. The van der Waals surface area contributed by atoms with Crippen LogP contribution in [0.25, 0.3) is 20.8 Å². The van der Waals surface area contributed by atoms with Crippen LogP contribution in [0.15, 0.2) is 18.2 Å². The lowest BCUT2D eigenvalue weighted by Gasteiger charge is -2.11. The predicted octanol–water partition coefficient (Wildman–Crippen LogP) is 4.47. The van der Waals surface area contributed by atoms with E-state index >= 15 is 0 Å². The van der Waals surface area contributed by atoms with Gasteiger partial charge < -0.3 is 9.67 Å². The minimum atomic E-state index is -0.145.